The molecule has 1 atom stereocenters. The Bertz CT molecular complexity index is 1000. The molecule has 2 aromatic carbocycles. The molecule has 26 heavy (non-hydrogen) atoms. The molecule has 0 aliphatic carbocycles. The Morgan fingerprint density at radius 2 is 2.00 bits per heavy atom. The molecule has 0 fully saturated rings. The topological polar surface area (TPSA) is 86.7 Å². The summed E-state index contributed by atoms with van der Waals surface area (Å²) >= 11 is 0. The molecule has 0 bridgehead atoms. The number of methoxy groups -OCH3 is 1. The molecule has 134 valence electrons. The summed E-state index contributed by atoms with van der Waals surface area (Å²) in [7, 11) is 1.38. The van der Waals surface area contributed by atoms with E-state index in [1.54, 1.807) is 22.8 Å². The quantitative estimate of drug-likeness (QED) is 0.748. The molecule has 0 unspecified atom stereocenters. The van der Waals surface area contributed by atoms with E-state index < -0.39 is 12.8 Å². The van der Waals surface area contributed by atoms with Crippen LogP contribution >= 0.6 is 0 Å². The van der Waals surface area contributed by atoms with Crippen molar-refractivity contribution in [3.8, 4) is 11.5 Å². The van der Waals surface area contributed by atoms with Gasteiger partial charge in [-0.1, -0.05) is 24.3 Å². The minimum Gasteiger partial charge on any atom is -0.493 e. The van der Waals surface area contributed by atoms with Crippen molar-refractivity contribution in [1.82, 2.24) is 9.55 Å². The molecule has 0 radical (unpaired) electrons. The van der Waals surface area contributed by atoms with Gasteiger partial charge in [-0.05, 0) is 18.2 Å². The van der Waals surface area contributed by atoms with E-state index in [1.165, 1.54) is 7.11 Å². The fourth-order valence-corrected chi connectivity index (χ4v) is 3.04. The molecule has 1 aromatic heterocycles. The van der Waals surface area contributed by atoms with E-state index in [4.69, 9.17) is 15.2 Å². The zero-order chi connectivity index (χ0) is 18.3. The molecule has 7 nitrogen and oxygen atoms in total. The Hall–Kier alpha value is -3.36. The number of nitrogens with two attached hydrogens (primary N) is 1. The third kappa shape index (κ3) is 2.57. The second-order valence-corrected chi connectivity index (χ2v) is 5.56. The number of ether oxygens (including phenoxy) is 2. The maximum absolute atomic E-state index is 13.0. The highest BCUT2D eigenvalue weighted by atomic mass is 19.3. The summed E-state index contributed by atoms with van der Waals surface area (Å²) < 4.78 is 37.7. The highest BCUT2D eigenvalue weighted by molar-refractivity contribution is 5.94. The third-order valence-corrected chi connectivity index (χ3v) is 4.06. The highest BCUT2D eigenvalue weighted by Crippen LogP contribution is 2.41. The fourth-order valence-electron chi connectivity index (χ4n) is 3.04. The smallest absolute Gasteiger partial charge is 0.387 e. The predicted molar refractivity (Wildman–Crippen MR) is 92.7 cm³/mol. The maximum Gasteiger partial charge on any atom is 0.387 e. The molecule has 1 aliphatic rings. The van der Waals surface area contributed by atoms with Crippen molar-refractivity contribution in [2.24, 2.45) is 10.7 Å². The number of benzene rings is 2. The van der Waals surface area contributed by atoms with Gasteiger partial charge in [-0.3, -0.25) is 9.88 Å². The van der Waals surface area contributed by atoms with Crippen molar-refractivity contribution >= 4 is 22.9 Å². The first kappa shape index (κ1) is 16.1. The lowest BCUT2D eigenvalue weighted by Gasteiger charge is -2.25. The zero-order valence-electron chi connectivity index (χ0n) is 13.7. The Morgan fingerprint density at radius 1 is 1.19 bits per heavy atom. The average Bonchev–Trinajstić information content (AvgIpc) is 2.98. The number of nitrogens with one attached hydrogen (secondary N) is 1. The van der Waals surface area contributed by atoms with Crippen LogP contribution in [0.2, 0.25) is 0 Å². The van der Waals surface area contributed by atoms with Gasteiger partial charge in [-0.2, -0.15) is 8.78 Å². The van der Waals surface area contributed by atoms with Crippen LogP contribution in [0.5, 0.6) is 11.5 Å². The van der Waals surface area contributed by atoms with Crippen molar-refractivity contribution in [2.75, 3.05) is 12.4 Å². The first-order valence-electron chi connectivity index (χ1n) is 7.77. The molecule has 0 saturated carbocycles. The molecular formula is C17H15F2N5O2. The van der Waals surface area contributed by atoms with E-state index in [0.717, 1.165) is 11.0 Å². The van der Waals surface area contributed by atoms with Crippen molar-refractivity contribution in [2.45, 2.75) is 12.8 Å². The van der Waals surface area contributed by atoms with E-state index in [0.29, 0.717) is 11.5 Å². The minimum atomic E-state index is -3.01. The summed E-state index contributed by atoms with van der Waals surface area (Å²) in [5.41, 5.74) is 7.78. The van der Waals surface area contributed by atoms with Crippen LogP contribution in [-0.4, -0.2) is 29.2 Å². The van der Waals surface area contributed by atoms with Gasteiger partial charge in [0.2, 0.25) is 5.95 Å². The number of guanidine groups is 1. The Labute approximate surface area is 147 Å². The van der Waals surface area contributed by atoms with Crippen LogP contribution in [0.15, 0.2) is 47.5 Å². The summed E-state index contributed by atoms with van der Waals surface area (Å²) in [4.78, 5) is 8.87. The monoisotopic (exact) mass is 359 g/mol. The van der Waals surface area contributed by atoms with Crippen molar-refractivity contribution in [3.63, 3.8) is 0 Å². The Kier molecular flexibility index (Phi) is 3.83. The largest absolute Gasteiger partial charge is 0.493 e. The molecule has 9 heteroatoms. The number of hydrogen-bond acceptors (Lipinski definition) is 6. The number of halogens is 2. The van der Waals surface area contributed by atoms with Crippen LogP contribution in [0.4, 0.5) is 14.7 Å². The molecule has 2 heterocycles. The summed E-state index contributed by atoms with van der Waals surface area (Å²) in [5, 5.41) is 2.90. The molecular weight excluding hydrogens is 344 g/mol. The van der Waals surface area contributed by atoms with Crippen LogP contribution in [0, 0.1) is 0 Å². The summed E-state index contributed by atoms with van der Waals surface area (Å²) in [6.45, 7) is -3.01. The number of nitrogens with zero attached hydrogens (tertiary/aromatic N) is 3. The van der Waals surface area contributed by atoms with Gasteiger partial charge in [-0.25, -0.2) is 9.98 Å². The van der Waals surface area contributed by atoms with Crippen molar-refractivity contribution in [3.05, 3.63) is 48.0 Å². The van der Waals surface area contributed by atoms with Crippen molar-refractivity contribution < 1.29 is 18.3 Å². The van der Waals surface area contributed by atoms with Gasteiger partial charge in [-0.15, -0.1) is 0 Å². The first-order valence-corrected chi connectivity index (χ1v) is 7.77. The van der Waals surface area contributed by atoms with E-state index >= 15 is 0 Å². The second kappa shape index (κ2) is 6.17. The van der Waals surface area contributed by atoms with Crippen LogP contribution in [0.25, 0.3) is 11.0 Å². The number of aliphatic imine (C=N–C) groups is 1. The van der Waals surface area contributed by atoms with E-state index in [1.807, 2.05) is 24.3 Å². The number of hydrogen-bond donors (Lipinski definition) is 2. The third-order valence-electron chi connectivity index (χ3n) is 4.06. The molecule has 0 amide bonds. The van der Waals surface area contributed by atoms with Gasteiger partial charge in [0.1, 0.15) is 0 Å². The van der Waals surface area contributed by atoms with Gasteiger partial charge < -0.3 is 15.2 Å². The Balaban J connectivity index is 1.95. The number of anilines is 1. The van der Waals surface area contributed by atoms with Crippen LogP contribution in [-0.2, 0) is 0 Å². The van der Waals surface area contributed by atoms with Gasteiger partial charge in [0.15, 0.2) is 23.6 Å². The Morgan fingerprint density at radius 3 is 2.77 bits per heavy atom. The number of fused-ring (bicyclic) bond motifs is 3. The van der Waals surface area contributed by atoms with E-state index in [9.17, 15) is 8.78 Å². The number of para-hydroxylation sites is 3. The predicted octanol–water partition coefficient (Wildman–Crippen LogP) is 2.93. The number of alkyl halides is 2. The van der Waals surface area contributed by atoms with Gasteiger partial charge >= 0.3 is 6.61 Å². The molecule has 3 N–H and O–H groups in total. The van der Waals surface area contributed by atoms with Crippen LogP contribution in [0.1, 0.15) is 11.7 Å². The fraction of sp³-hybridized carbons (Fsp3) is 0.176. The van der Waals surface area contributed by atoms with E-state index in [2.05, 4.69) is 15.3 Å². The maximum atomic E-state index is 13.0. The average molecular weight is 359 g/mol. The lowest BCUT2D eigenvalue weighted by atomic mass is 10.1. The molecule has 0 saturated heterocycles. The standard InChI is InChI=1S/C17H15F2N5O2/c1-25-12-8-4-5-9(13(12)26-15(18)19)14-22-16(20)23-17-21-10-6-2-3-7-11(10)24(14)17/h2-8,14-15H,1H3,(H3,20,21,22,23)/t14-/m1/s1. The van der Waals surface area contributed by atoms with Crippen LogP contribution in [0.3, 0.4) is 0 Å². The lowest BCUT2D eigenvalue weighted by molar-refractivity contribution is -0.0520. The summed E-state index contributed by atoms with van der Waals surface area (Å²) in [6, 6.07) is 12.3. The van der Waals surface area contributed by atoms with Crippen LogP contribution < -0.4 is 20.5 Å². The molecule has 3 aromatic rings. The normalized spacial score (nSPS) is 16.2. The zero-order valence-corrected chi connectivity index (χ0v) is 13.7. The highest BCUT2D eigenvalue weighted by Gasteiger charge is 2.29. The van der Waals surface area contributed by atoms with Crippen molar-refractivity contribution in [1.29, 1.82) is 0 Å². The van der Waals surface area contributed by atoms with Gasteiger partial charge in [0, 0.05) is 5.56 Å². The first-order chi connectivity index (χ1) is 12.6. The summed E-state index contributed by atoms with van der Waals surface area (Å²) in [5.74, 6) is 0.691. The van der Waals surface area contributed by atoms with Gasteiger partial charge in [0.25, 0.3) is 0 Å². The SMILES string of the molecule is COc1cccc([C@@H]2N=C(N)Nc3nc4ccccc4n32)c1OC(F)F. The molecule has 1 aliphatic heterocycles. The summed E-state index contributed by atoms with van der Waals surface area (Å²) in [6.07, 6.45) is -0.734. The van der Waals surface area contributed by atoms with E-state index in [-0.39, 0.29) is 17.5 Å². The molecule has 4 rings (SSSR count). The molecule has 0 spiro atoms. The van der Waals surface area contributed by atoms with Gasteiger partial charge in [0.05, 0.1) is 18.1 Å². The number of aromatic nitrogens is 2. The lowest BCUT2D eigenvalue weighted by Crippen LogP contribution is -2.31. The second-order valence-electron chi connectivity index (χ2n) is 5.56. The number of rotatable bonds is 4. The number of imidazole rings is 1. The minimum absolute atomic E-state index is 0.0859.